The quantitative estimate of drug-likeness (QED) is 0.782. The van der Waals surface area contributed by atoms with E-state index in [2.05, 4.69) is 15.6 Å². The van der Waals surface area contributed by atoms with Crippen molar-refractivity contribution in [3.8, 4) is 0 Å². The van der Waals surface area contributed by atoms with Crippen LogP contribution in [0.15, 0.2) is 47.5 Å². The third kappa shape index (κ3) is 2.18. The van der Waals surface area contributed by atoms with E-state index < -0.39 is 11.8 Å². The van der Waals surface area contributed by atoms with Crippen molar-refractivity contribution in [2.24, 2.45) is 4.99 Å². The molecule has 3 rings (SSSR count). The van der Waals surface area contributed by atoms with Gasteiger partial charge in [0.2, 0.25) is 5.96 Å². The number of guanidine groups is 1. The number of fused-ring (bicyclic) bond motifs is 1. The summed E-state index contributed by atoms with van der Waals surface area (Å²) in [4.78, 5) is 26.2. The van der Waals surface area contributed by atoms with Crippen LogP contribution in [0.2, 0.25) is 0 Å². The van der Waals surface area contributed by atoms with Crippen molar-refractivity contribution < 1.29 is 9.59 Å². The second-order valence-electron chi connectivity index (χ2n) is 4.21. The number of hydrogen-bond acceptors (Lipinski definition) is 3. The van der Waals surface area contributed by atoms with E-state index in [0.29, 0.717) is 6.54 Å². The summed E-state index contributed by atoms with van der Waals surface area (Å²) in [5.74, 6) is -1.13. The fourth-order valence-corrected chi connectivity index (χ4v) is 2.03. The molecule has 1 saturated heterocycles. The van der Waals surface area contributed by atoms with E-state index >= 15 is 0 Å². The molecule has 19 heavy (non-hydrogen) atoms. The second kappa shape index (κ2) is 4.53. The number of aliphatic imine (C=N–C) groups is 1. The highest BCUT2D eigenvalue weighted by Crippen LogP contribution is 2.19. The molecule has 1 fully saturated rings. The first-order chi connectivity index (χ1) is 9.24. The van der Waals surface area contributed by atoms with Crippen LogP contribution in [0.5, 0.6) is 0 Å². The Morgan fingerprint density at radius 3 is 2.37 bits per heavy atom. The molecule has 5 heteroatoms. The van der Waals surface area contributed by atoms with Gasteiger partial charge in [-0.25, -0.2) is 4.99 Å². The van der Waals surface area contributed by atoms with Crippen LogP contribution >= 0.6 is 0 Å². The average Bonchev–Trinajstić information content (AvgIpc) is 2.75. The minimum absolute atomic E-state index is 0.211. The van der Waals surface area contributed by atoms with Crippen molar-refractivity contribution in [3.05, 3.63) is 48.0 Å². The molecule has 94 valence electrons. The van der Waals surface area contributed by atoms with Gasteiger partial charge in [0, 0.05) is 0 Å². The number of carbonyl (C=O) groups excluding carboxylic acids is 2. The zero-order chi connectivity index (χ0) is 13.2. The van der Waals surface area contributed by atoms with Crippen LogP contribution in [0.3, 0.4) is 0 Å². The molecule has 0 spiro atoms. The van der Waals surface area contributed by atoms with E-state index in [1.54, 1.807) is 0 Å². The van der Waals surface area contributed by atoms with Crippen LogP contribution in [-0.4, -0.2) is 17.8 Å². The normalized spacial score (nSPS) is 14.4. The van der Waals surface area contributed by atoms with Crippen molar-refractivity contribution >= 4 is 28.5 Å². The molecule has 0 atom stereocenters. The van der Waals surface area contributed by atoms with Gasteiger partial charge in [-0.05, 0) is 16.3 Å². The number of nitrogens with zero attached hydrogens (tertiary/aromatic N) is 1. The van der Waals surface area contributed by atoms with Gasteiger partial charge in [-0.3, -0.25) is 20.2 Å². The molecule has 0 unspecified atom stereocenters. The summed E-state index contributed by atoms with van der Waals surface area (Å²) in [6.45, 7) is 0.400. The summed E-state index contributed by atoms with van der Waals surface area (Å²) in [5.41, 5.74) is 1.04. The average molecular weight is 253 g/mol. The van der Waals surface area contributed by atoms with Gasteiger partial charge in [-0.1, -0.05) is 42.5 Å². The van der Waals surface area contributed by atoms with Crippen LogP contribution in [0.25, 0.3) is 10.8 Å². The summed E-state index contributed by atoms with van der Waals surface area (Å²) in [6, 6.07) is 14.0. The Kier molecular flexibility index (Phi) is 2.72. The van der Waals surface area contributed by atoms with Gasteiger partial charge in [0.25, 0.3) is 0 Å². The van der Waals surface area contributed by atoms with Crippen molar-refractivity contribution in [1.82, 2.24) is 10.6 Å². The standard InChI is InChI=1S/C14H11N3O2/c18-12-13(19)17-14(16-12)15-8-10-6-3-5-9-4-1-2-7-11(9)10/h1-7H,8H2,(H2,15,16,17,18,19). The Labute approximate surface area is 109 Å². The first kappa shape index (κ1) is 11.4. The maximum atomic E-state index is 11.0. The zero-order valence-corrected chi connectivity index (χ0v) is 10.0. The molecule has 1 aliphatic rings. The lowest BCUT2D eigenvalue weighted by Crippen LogP contribution is -2.25. The minimum Gasteiger partial charge on any atom is -0.288 e. The van der Waals surface area contributed by atoms with E-state index in [1.165, 1.54) is 0 Å². The molecule has 0 aromatic heterocycles. The lowest BCUT2D eigenvalue weighted by Gasteiger charge is -2.04. The largest absolute Gasteiger partial charge is 0.316 e. The molecular weight excluding hydrogens is 242 g/mol. The van der Waals surface area contributed by atoms with E-state index in [0.717, 1.165) is 16.3 Å². The molecule has 2 amide bonds. The zero-order valence-electron chi connectivity index (χ0n) is 10.0. The Morgan fingerprint density at radius 1 is 0.895 bits per heavy atom. The molecule has 2 aromatic carbocycles. The molecule has 2 N–H and O–H groups in total. The number of nitrogens with one attached hydrogen (secondary N) is 2. The lowest BCUT2D eigenvalue weighted by molar-refractivity contribution is -0.135. The molecule has 1 aliphatic heterocycles. The third-order valence-electron chi connectivity index (χ3n) is 2.96. The Balaban J connectivity index is 1.88. The summed E-state index contributed by atoms with van der Waals surface area (Å²) in [7, 11) is 0. The first-order valence-corrected chi connectivity index (χ1v) is 5.87. The molecular formula is C14H11N3O2. The predicted octanol–water partition coefficient (Wildman–Crippen LogP) is 0.942. The maximum absolute atomic E-state index is 11.0. The highest BCUT2D eigenvalue weighted by atomic mass is 16.2. The summed E-state index contributed by atoms with van der Waals surface area (Å²) in [6.07, 6.45) is 0. The van der Waals surface area contributed by atoms with Gasteiger partial charge in [0.05, 0.1) is 6.54 Å². The van der Waals surface area contributed by atoms with Crippen LogP contribution in [0.4, 0.5) is 0 Å². The fraction of sp³-hybridized carbons (Fsp3) is 0.0714. The molecule has 0 radical (unpaired) electrons. The number of hydrogen-bond donors (Lipinski definition) is 2. The van der Waals surface area contributed by atoms with Crippen molar-refractivity contribution in [2.45, 2.75) is 6.54 Å². The fourth-order valence-electron chi connectivity index (χ4n) is 2.03. The SMILES string of the molecule is O=C1NC(=NCc2cccc3ccccc23)NC1=O. The smallest absolute Gasteiger partial charge is 0.288 e. The van der Waals surface area contributed by atoms with Gasteiger partial charge in [0.15, 0.2) is 0 Å². The Hall–Kier alpha value is -2.69. The van der Waals surface area contributed by atoms with Gasteiger partial charge < -0.3 is 0 Å². The molecule has 5 nitrogen and oxygen atoms in total. The highest BCUT2D eigenvalue weighted by molar-refractivity contribution is 6.45. The number of benzene rings is 2. The maximum Gasteiger partial charge on any atom is 0.316 e. The monoisotopic (exact) mass is 253 g/mol. The van der Waals surface area contributed by atoms with Gasteiger partial charge in [-0.15, -0.1) is 0 Å². The van der Waals surface area contributed by atoms with Gasteiger partial charge in [-0.2, -0.15) is 0 Å². The second-order valence-corrected chi connectivity index (χ2v) is 4.21. The minimum atomic E-state index is -0.670. The number of amides is 2. The van der Waals surface area contributed by atoms with Crippen LogP contribution in [0.1, 0.15) is 5.56 Å². The molecule has 0 saturated carbocycles. The Bertz CT molecular complexity index is 683. The first-order valence-electron chi connectivity index (χ1n) is 5.87. The van der Waals surface area contributed by atoms with Crippen molar-refractivity contribution in [1.29, 1.82) is 0 Å². The lowest BCUT2D eigenvalue weighted by atomic mass is 10.1. The summed E-state index contributed by atoms with van der Waals surface area (Å²) < 4.78 is 0. The molecule has 1 heterocycles. The van der Waals surface area contributed by atoms with Gasteiger partial charge in [0.1, 0.15) is 0 Å². The Morgan fingerprint density at radius 2 is 1.58 bits per heavy atom. The predicted molar refractivity (Wildman–Crippen MR) is 71.4 cm³/mol. The van der Waals surface area contributed by atoms with Crippen LogP contribution in [-0.2, 0) is 16.1 Å². The summed E-state index contributed by atoms with van der Waals surface area (Å²) in [5, 5.41) is 7.00. The van der Waals surface area contributed by atoms with Gasteiger partial charge >= 0.3 is 11.8 Å². The molecule has 2 aromatic rings. The van der Waals surface area contributed by atoms with Crippen LogP contribution < -0.4 is 10.6 Å². The number of rotatable bonds is 2. The third-order valence-corrected chi connectivity index (χ3v) is 2.96. The molecule has 0 bridgehead atoms. The van der Waals surface area contributed by atoms with Crippen molar-refractivity contribution in [3.63, 3.8) is 0 Å². The van der Waals surface area contributed by atoms with Crippen molar-refractivity contribution in [2.75, 3.05) is 0 Å². The van der Waals surface area contributed by atoms with Crippen LogP contribution in [0, 0.1) is 0 Å². The topological polar surface area (TPSA) is 70.6 Å². The number of carbonyl (C=O) groups is 2. The van der Waals surface area contributed by atoms with E-state index in [9.17, 15) is 9.59 Å². The van der Waals surface area contributed by atoms with E-state index in [1.807, 2.05) is 42.5 Å². The molecule has 0 aliphatic carbocycles. The van der Waals surface area contributed by atoms with E-state index in [-0.39, 0.29) is 5.96 Å². The summed E-state index contributed by atoms with van der Waals surface area (Å²) >= 11 is 0. The highest BCUT2D eigenvalue weighted by Gasteiger charge is 2.24. The van der Waals surface area contributed by atoms with E-state index in [4.69, 9.17) is 0 Å².